The van der Waals surface area contributed by atoms with Crippen LogP contribution in [0.4, 0.5) is 4.39 Å². The Morgan fingerprint density at radius 3 is 2.56 bits per heavy atom. The van der Waals surface area contributed by atoms with Gasteiger partial charge in [0.15, 0.2) is 0 Å². The van der Waals surface area contributed by atoms with Crippen LogP contribution in [0.5, 0.6) is 0 Å². The van der Waals surface area contributed by atoms with Gasteiger partial charge in [0.2, 0.25) is 17.7 Å². The molecule has 1 saturated heterocycles. The average molecular weight is 492 g/mol. The Labute approximate surface area is 200 Å². The molecule has 11 heteroatoms. The van der Waals surface area contributed by atoms with Gasteiger partial charge < -0.3 is 26.7 Å². The van der Waals surface area contributed by atoms with Gasteiger partial charge in [0.25, 0.3) is 5.91 Å². The standard InChI is InChI=1S/C23H27ClFN5O4/c24-14-5-6-15(25)19-13(14)10-18(28-19)23(34)30-17(8-11-3-4-11)22(33)29-16(20(26)31)9-12-2-1-7-27-21(12)32/h5-6,10-12,16-17,28H,1-4,7-9H2,(H2,26,31)(H,27,32)(H,29,33)(H,30,34)/t12-,16?,17?/m0/s1. The first kappa shape index (κ1) is 24.0. The highest BCUT2D eigenvalue weighted by atomic mass is 35.5. The highest BCUT2D eigenvalue weighted by Crippen LogP contribution is 2.34. The summed E-state index contributed by atoms with van der Waals surface area (Å²) >= 11 is 6.10. The Bertz CT molecular complexity index is 1090. The minimum absolute atomic E-state index is 0.0564. The fourth-order valence-corrected chi connectivity index (χ4v) is 4.50. The molecule has 1 aliphatic carbocycles. The number of halogens is 2. The summed E-state index contributed by atoms with van der Waals surface area (Å²) in [5.41, 5.74) is 5.65. The first-order valence-corrected chi connectivity index (χ1v) is 11.8. The highest BCUT2D eigenvalue weighted by Gasteiger charge is 2.34. The van der Waals surface area contributed by atoms with Crippen LogP contribution in [0, 0.1) is 17.7 Å². The maximum Gasteiger partial charge on any atom is 0.268 e. The minimum atomic E-state index is -1.04. The summed E-state index contributed by atoms with van der Waals surface area (Å²) in [6.07, 6.45) is 3.75. The zero-order valence-electron chi connectivity index (χ0n) is 18.5. The Morgan fingerprint density at radius 2 is 1.91 bits per heavy atom. The number of carbonyl (C=O) groups excluding carboxylic acids is 4. The zero-order chi connectivity index (χ0) is 24.4. The molecule has 1 saturated carbocycles. The summed E-state index contributed by atoms with van der Waals surface area (Å²) in [6.45, 7) is 0.585. The number of rotatable bonds is 9. The van der Waals surface area contributed by atoms with Gasteiger partial charge in [-0.05, 0) is 49.8 Å². The van der Waals surface area contributed by atoms with E-state index in [0.29, 0.717) is 24.8 Å². The number of H-pyrrole nitrogens is 1. The van der Waals surface area contributed by atoms with Crippen LogP contribution in [0.1, 0.15) is 49.0 Å². The van der Waals surface area contributed by atoms with Crippen molar-refractivity contribution in [2.75, 3.05) is 6.54 Å². The van der Waals surface area contributed by atoms with Crippen molar-refractivity contribution in [2.24, 2.45) is 17.6 Å². The summed E-state index contributed by atoms with van der Waals surface area (Å²) in [4.78, 5) is 52.8. The van der Waals surface area contributed by atoms with Gasteiger partial charge >= 0.3 is 0 Å². The summed E-state index contributed by atoms with van der Waals surface area (Å²) in [7, 11) is 0. The molecule has 1 aromatic carbocycles. The van der Waals surface area contributed by atoms with Crippen LogP contribution in [-0.4, -0.2) is 47.2 Å². The minimum Gasteiger partial charge on any atom is -0.368 e. The third kappa shape index (κ3) is 5.49. The molecule has 34 heavy (non-hydrogen) atoms. The summed E-state index contributed by atoms with van der Waals surface area (Å²) in [6, 6.07) is 2.06. The van der Waals surface area contributed by atoms with Crippen molar-refractivity contribution in [3.63, 3.8) is 0 Å². The van der Waals surface area contributed by atoms with E-state index in [1.165, 1.54) is 18.2 Å². The molecule has 4 rings (SSSR count). The molecule has 2 aromatic rings. The fourth-order valence-electron chi connectivity index (χ4n) is 4.29. The molecule has 1 aromatic heterocycles. The molecule has 0 bridgehead atoms. The predicted molar refractivity (Wildman–Crippen MR) is 123 cm³/mol. The van der Waals surface area contributed by atoms with Gasteiger partial charge in [0, 0.05) is 17.8 Å². The molecular formula is C23H27ClFN5O4. The van der Waals surface area contributed by atoms with Crippen molar-refractivity contribution < 1.29 is 23.6 Å². The molecule has 2 unspecified atom stereocenters. The maximum atomic E-state index is 14.1. The van der Waals surface area contributed by atoms with Gasteiger partial charge in [0.1, 0.15) is 23.6 Å². The van der Waals surface area contributed by atoms with E-state index < -0.39 is 41.5 Å². The lowest BCUT2D eigenvalue weighted by Crippen LogP contribution is -2.54. The highest BCUT2D eigenvalue weighted by molar-refractivity contribution is 6.35. The Kier molecular flexibility index (Phi) is 7.06. The van der Waals surface area contributed by atoms with Crippen molar-refractivity contribution in [2.45, 2.75) is 50.6 Å². The molecule has 0 spiro atoms. The lowest BCUT2D eigenvalue weighted by Gasteiger charge is -2.27. The summed E-state index contributed by atoms with van der Waals surface area (Å²) in [5.74, 6) is -2.77. The molecule has 2 aliphatic rings. The Morgan fingerprint density at radius 1 is 1.15 bits per heavy atom. The zero-order valence-corrected chi connectivity index (χ0v) is 19.2. The van der Waals surface area contributed by atoms with Gasteiger partial charge in [-0.1, -0.05) is 24.4 Å². The molecular weight excluding hydrogens is 465 g/mol. The molecule has 3 atom stereocenters. The Hall–Kier alpha value is -3.14. The maximum absolute atomic E-state index is 14.1. The molecule has 1 aliphatic heterocycles. The monoisotopic (exact) mass is 491 g/mol. The number of aromatic amines is 1. The number of piperidine rings is 1. The number of aromatic nitrogens is 1. The van der Waals surface area contributed by atoms with E-state index in [4.69, 9.17) is 17.3 Å². The Balaban J connectivity index is 1.47. The molecule has 9 nitrogen and oxygen atoms in total. The van der Waals surface area contributed by atoms with Gasteiger partial charge in [-0.15, -0.1) is 0 Å². The second-order valence-corrected chi connectivity index (χ2v) is 9.44. The second kappa shape index (κ2) is 10.0. The van der Waals surface area contributed by atoms with E-state index in [-0.39, 0.29) is 34.5 Å². The largest absolute Gasteiger partial charge is 0.368 e. The van der Waals surface area contributed by atoms with Crippen molar-refractivity contribution in [1.29, 1.82) is 0 Å². The predicted octanol–water partition coefficient (Wildman–Crippen LogP) is 1.75. The number of hydrogen-bond acceptors (Lipinski definition) is 4. The normalized spacial score (nSPS) is 19.8. The van der Waals surface area contributed by atoms with E-state index in [0.717, 1.165) is 19.3 Å². The van der Waals surface area contributed by atoms with E-state index in [1.807, 2.05) is 0 Å². The van der Waals surface area contributed by atoms with Gasteiger partial charge in [-0.25, -0.2) is 4.39 Å². The number of fused-ring (bicyclic) bond motifs is 1. The number of amides is 4. The van der Waals surface area contributed by atoms with Crippen LogP contribution < -0.4 is 21.7 Å². The molecule has 2 heterocycles. The third-order valence-corrected chi connectivity index (χ3v) is 6.73. The van der Waals surface area contributed by atoms with E-state index >= 15 is 0 Å². The third-order valence-electron chi connectivity index (χ3n) is 6.40. The number of nitrogens with two attached hydrogens (primary N) is 1. The first-order valence-electron chi connectivity index (χ1n) is 11.4. The quantitative estimate of drug-likeness (QED) is 0.363. The molecule has 2 fully saturated rings. The number of hydrogen-bond donors (Lipinski definition) is 5. The summed E-state index contributed by atoms with van der Waals surface area (Å²) < 4.78 is 14.1. The lowest BCUT2D eigenvalue weighted by atomic mass is 9.91. The lowest BCUT2D eigenvalue weighted by molar-refractivity contribution is -0.131. The SMILES string of the molecule is NC(=O)C(C[C@@H]1CCCNC1=O)NC(=O)C(CC1CC1)NC(=O)c1cc2c(Cl)ccc(F)c2[nH]1. The van der Waals surface area contributed by atoms with Crippen LogP contribution in [0.15, 0.2) is 18.2 Å². The average Bonchev–Trinajstić information content (AvgIpc) is 3.49. The van der Waals surface area contributed by atoms with Crippen LogP contribution in [-0.2, 0) is 14.4 Å². The number of nitrogens with one attached hydrogen (secondary N) is 4. The van der Waals surface area contributed by atoms with E-state index in [1.54, 1.807) is 0 Å². The van der Waals surface area contributed by atoms with Gasteiger partial charge in [-0.3, -0.25) is 19.2 Å². The molecule has 6 N–H and O–H groups in total. The van der Waals surface area contributed by atoms with Gasteiger partial charge in [-0.2, -0.15) is 0 Å². The van der Waals surface area contributed by atoms with Crippen molar-refractivity contribution >= 4 is 46.1 Å². The van der Waals surface area contributed by atoms with Crippen molar-refractivity contribution in [3.8, 4) is 0 Å². The summed E-state index contributed by atoms with van der Waals surface area (Å²) in [5, 5.41) is 8.69. The molecule has 0 radical (unpaired) electrons. The molecule has 182 valence electrons. The van der Waals surface area contributed by atoms with Crippen LogP contribution in [0.3, 0.4) is 0 Å². The second-order valence-electron chi connectivity index (χ2n) is 9.04. The number of carbonyl (C=O) groups is 4. The van der Waals surface area contributed by atoms with Crippen molar-refractivity contribution in [1.82, 2.24) is 20.9 Å². The van der Waals surface area contributed by atoms with E-state index in [2.05, 4.69) is 20.9 Å². The van der Waals surface area contributed by atoms with Crippen molar-refractivity contribution in [3.05, 3.63) is 34.7 Å². The van der Waals surface area contributed by atoms with E-state index in [9.17, 15) is 23.6 Å². The first-order chi connectivity index (χ1) is 16.2. The number of benzene rings is 1. The number of primary amides is 1. The van der Waals surface area contributed by atoms with Crippen LogP contribution in [0.25, 0.3) is 10.9 Å². The van der Waals surface area contributed by atoms with Crippen LogP contribution in [0.2, 0.25) is 5.02 Å². The topological polar surface area (TPSA) is 146 Å². The van der Waals surface area contributed by atoms with Crippen LogP contribution >= 0.6 is 11.6 Å². The smallest absolute Gasteiger partial charge is 0.268 e. The fraction of sp³-hybridized carbons (Fsp3) is 0.478. The van der Waals surface area contributed by atoms with Gasteiger partial charge in [0.05, 0.1) is 10.5 Å². The molecule has 4 amide bonds.